The second kappa shape index (κ2) is 7.63. The van der Waals surface area contributed by atoms with Gasteiger partial charge in [-0.3, -0.25) is 4.99 Å². The standard InChI is InChI=1S/C24H29ClN2O/c1-15(2)27-22-10-16(3)18(11-20(22)17(4)13-24(27,5)6)14-26-19-8-9-23(28-7)21(25)12-19/h8-15H,1-7H3. The minimum atomic E-state index is -0.00681. The number of ether oxygens (including phenoxy) is 1. The van der Waals surface area contributed by atoms with Gasteiger partial charge in [0, 0.05) is 23.5 Å². The van der Waals surface area contributed by atoms with Gasteiger partial charge >= 0.3 is 0 Å². The summed E-state index contributed by atoms with van der Waals surface area (Å²) in [6.07, 6.45) is 4.27. The van der Waals surface area contributed by atoms with Crippen LogP contribution in [0.1, 0.15) is 51.3 Å². The van der Waals surface area contributed by atoms with Gasteiger partial charge in [-0.25, -0.2) is 0 Å². The van der Waals surface area contributed by atoms with Gasteiger partial charge in [0.25, 0.3) is 0 Å². The smallest absolute Gasteiger partial charge is 0.137 e. The summed E-state index contributed by atoms with van der Waals surface area (Å²) in [5.41, 5.74) is 6.99. The number of halogens is 1. The summed E-state index contributed by atoms with van der Waals surface area (Å²) in [6, 6.07) is 10.5. The lowest BCUT2D eigenvalue weighted by atomic mass is 9.86. The molecular weight excluding hydrogens is 368 g/mol. The Hall–Kier alpha value is -2.26. The van der Waals surface area contributed by atoms with Crippen molar-refractivity contribution >= 4 is 34.8 Å². The Balaban J connectivity index is 2.02. The van der Waals surface area contributed by atoms with Crippen molar-refractivity contribution < 1.29 is 4.74 Å². The van der Waals surface area contributed by atoms with E-state index in [2.05, 4.69) is 69.6 Å². The molecule has 0 aliphatic carbocycles. The third kappa shape index (κ3) is 3.81. The zero-order valence-corrected chi connectivity index (χ0v) is 18.6. The van der Waals surface area contributed by atoms with Gasteiger partial charge in [-0.2, -0.15) is 0 Å². The van der Waals surface area contributed by atoms with Crippen molar-refractivity contribution in [2.45, 2.75) is 53.1 Å². The highest BCUT2D eigenvalue weighted by molar-refractivity contribution is 6.32. The van der Waals surface area contributed by atoms with Crippen LogP contribution in [0.2, 0.25) is 5.02 Å². The van der Waals surface area contributed by atoms with Crippen LogP contribution >= 0.6 is 11.6 Å². The molecule has 3 rings (SSSR count). The Morgan fingerprint density at radius 2 is 1.86 bits per heavy atom. The van der Waals surface area contributed by atoms with Crippen LogP contribution < -0.4 is 9.64 Å². The van der Waals surface area contributed by atoms with Crippen molar-refractivity contribution in [3.8, 4) is 5.75 Å². The van der Waals surface area contributed by atoms with E-state index in [0.717, 1.165) is 11.3 Å². The summed E-state index contributed by atoms with van der Waals surface area (Å²) < 4.78 is 5.21. The number of methoxy groups -OCH3 is 1. The van der Waals surface area contributed by atoms with Gasteiger partial charge < -0.3 is 9.64 Å². The number of rotatable bonds is 4. The maximum Gasteiger partial charge on any atom is 0.137 e. The molecule has 1 heterocycles. The zero-order chi connectivity index (χ0) is 20.6. The fourth-order valence-corrected chi connectivity index (χ4v) is 4.43. The van der Waals surface area contributed by atoms with Gasteiger partial charge in [-0.05, 0) is 88.6 Å². The number of allylic oxidation sites excluding steroid dienone is 1. The van der Waals surface area contributed by atoms with Crippen LogP contribution in [0.3, 0.4) is 0 Å². The van der Waals surface area contributed by atoms with Crippen LogP contribution in [-0.4, -0.2) is 24.9 Å². The summed E-state index contributed by atoms with van der Waals surface area (Å²) in [5.74, 6) is 0.655. The lowest BCUT2D eigenvalue weighted by molar-refractivity contribution is 0.415. The van der Waals surface area contributed by atoms with E-state index in [-0.39, 0.29) is 5.54 Å². The molecule has 2 aromatic rings. The molecule has 1 aliphatic rings. The number of benzene rings is 2. The van der Waals surface area contributed by atoms with E-state index >= 15 is 0 Å². The zero-order valence-electron chi connectivity index (χ0n) is 17.8. The maximum atomic E-state index is 6.22. The monoisotopic (exact) mass is 396 g/mol. The summed E-state index contributed by atoms with van der Waals surface area (Å²) in [7, 11) is 1.61. The van der Waals surface area contributed by atoms with Crippen LogP contribution in [0.25, 0.3) is 5.57 Å². The van der Waals surface area contributed by atoms with E-state index in [0.29, 0.717) is 16.8 Å². The van der Waals surface area contributed by atoms with Crippen molar-refractivity contribution in [1.29, 1.82) is 0 Å². The molecular formula is C24H29ClN2O. The summed E-state index contributed by atoms with van der Waals surface area (Å²) >= 11 is 6.22. The van der Waals surface area contributed by atoms with E-state index in [1.807, 2.05) is 24.4 Å². The number of fused-ring (bicyclic) bond motifs is 1. The summed E-state index contributed by atoms with van der Waals surface area (Å²) in [4.78, 5) is 7.12. The van der Waals surface area contributed by atoms with Crippen LogP contribution in [0, 0.1) is 6.92 Å². The Bertz CT molecular complexity index is 957. The molecule has 0 saturated heterocycles. The fourth-order valence-electron chi connectivity index (χ4n) is 4.17. The van der Waals surface area contributed by atoms with E-state index in [9.17, 15) is 0 Å². The van der Waals surface area contributed by atoms with Gasteiger partial charge in [-0.15, -0.1) is 0 Å². The fraction of sp³-hybridized carbons (Fsp3) is 0.375. The van der Waals surface area contributed by atoms with Crippen molar-refractivity contribution in [3.05, 3.63) is 58.1 Å². The predicted octanol–water partition coefficient (Wildman–Crippen LogP) is 6.82. The molecule has 3 nitrogen and oxygen atoms in total. The number of nitrogens with zero attached hydrogens (tertiary/aromatic N) is 2. The molecule has 0 spiro atoms. The molecule has 0 atom stereocenters. The van der Waals surface area contributed by atoms with Gasteiger partial charge in [0.15, 0.2) is 0 Å². The Morgan fingerprint density at radius 1 is 1.14 bits per heavy atom. The molecule has 28 heavy (non-hydrogen) atoms. The number of aryl methyl sites for hydroxylation is 1. The minimum absolute atomic E-state index is 0.00681. The number of hydrogen-bond acceptors (Lipinski definition) is 3. The summed E-state index contributed by atoms with van der Waals surface area (Å²) in [6.45, 7) is 13.4. The topological polar surface area (TPSA) is 24.8 Å². The molecule has 0 N–H and O–H groups in total. The average molecular weight is 397 g/mol. The summed E-state index contributed by atoms with van der Waals surface area (Å²) in [5, 5.41) is 0.563. The maximum absolute atomic E-state index is 6.22. The van der Waals surface area contributed by atoms with Crippen LogP contribution in [0.5, 0.6) is 5.75 Å². The van der Waals surface area contributed by atoms with Crippen LogP contribution in [-0.2, 0) is 0 Å². The highest BCUT2D eigenvalue weighted by Crippen LogP contribution is 2.41. The van der Waals surface area contributed by atoms with Gasteiger partial charge in [-0.1, -0.05) is 17.7 Å². The van der Waals surface area contributed by atoms with E-state index in [4.69, 9.17) is 16.3 Å². The molecule has 0 unspecified atom stereocenters. The molecule has 0 aromatic heterocycles. The van der Waals surface area contributed by atoms with Gasteiger partial charge in [0.05, 0.1) is 23.4 Å². The van der Waals surface area contributed by atoms with Gasteiger partial charge in [0.2, 0.25) is 0 Å². The molecule has 1 aliphatic heterocycles. The highest BCUT2D eigenvalue weighted by atomic mass is 35.5. The highest BCUT2D eigenvalue weighted by Gasteiger charge is 2.33. The van der Waals surface area contributed by atoms with E-state index in [1.54, 1.807) is 7.11 Å². The number of hydrogen-bond donors (Lipinski definition) is 0. The molecule has 0 saturated carbocycles. The van der Waals surface area contributed by atoms with Crippen molar-refractivity contribution in [2.75, 3.05) is 12.0 Å². The molecule has 0 fully saturated rings. The molecule has 0 bridgehead atoms. The first-order valence-corrected chi connectivity index (χ1v) is 10.0. The van der Waals surface area contributed by atoms with E-state index in [1.165, 1.54) is 22.4 Å². The van der Waals surface area contributed by atoms with Crippen molar-refractivity contribution in [3.63, 3.8) is 0 Å². The third-order valence-electron chi connectivity index (χ3n) is 5.26. The lowest BCUT2D eigenvalue weighted by Crippen LogP contribution is -2.49. The van der Waals surface area contributed by atoms with Crippen molar-refractivity contribution in [2.24, 2.45) is 4.99 Å². The third-order valence-corrected chi connectivity index (χ3v) is 5.56. The van der Waals surface area contributed by atoms with Crippen molar-refractivity contribution in [1.82, 2.24) is 0 Å². The quantitative estimate of drug-likeness (QED) is 0.529. The Kier molecular flexibility index (Phi) is 5.58. The average Bonchev–Trinajstić information content (AvgIpc) is 2.59. The molecule has 0 radical (unpaired) electrons. The van der Waals surface area contributed by atoms with E-state index < -0.39 is 0 Å². The minimum Gasteiger partial charge on any atom is -0.495 e. The molecule has 4 heteroatoms. The second-order valence-corrected chi connectivity index (χ2v) is 8.65. The first kappa shape index (κ1) is 20.5. The number of aliphatic imine (C=N–C) groups is 1. The Labute approximate surface area is 173 Å². The predicted molar refractivity (Wildman–Crippen MR) is 122 cm³/mol. The molecule has 0 amide bonds. The SMILES string of the molecule is COc1ccc(N=Cc2cc3c(cc2C)N(C(C)C)C(C)(C)C=C3C)cc1Cl. The second-order valence-electron chi connectivity index (χ2n) is 8.25. The molecule has 2 aromatic carbocycles. The lowest BCUT2D eigenvalue weighted by Gasteiger charge is -2.46. The van der Waals surface area contributed by atoms with Crippen LogP contribution in [0.4, 0.5) is 11.4 Å². The van der Waals surface area contributed by atoms with Crippen LogP contribution in [0.15, 0.2) is 41.4 Å². The first-order valence-electron chi connectivity index (χ1n) is 9.65. The number of anilines is 1. The van der Waals surface area contributed by atoms with Gasteiger partial charge in [0.1, 0.15) is 5.75 Å². The first-order chi connectivity index (χ1) is 13.1. The molecule has 148 valence electrons. The Morgan fingerprint density at radius 3 is 2.46 bits per heavy atom. The normalized spacial score (nSPS) is 15.8. The largest absolute Gasteiger partial charge is 0.495 e.